The van der Waals surface area contributed by atoms with Gasteiger partial charge in [0.25, 0.3) is 0 Å². The van der Waals surface area contributed by atoms with Crippen molar-refractivity contribution in [3.8, 4) is 0 Å². The molecule has 1 aromatic carbocycles. The molecule has 3 N–H and O–H groups in total. The highest BCUT2D eigenvalue weighted by Gasteiger charge is 2.13. The van der Waals surface area contributed by atoms with Crippen LogP contribution in [0.3, 0.4) is 0 Å². The first-order valence-corrected chi connectivity index (χ1v) is 7.29. The summed E-state index contributed by atoms with van der Waals surface area (Å²) in [6, 6.07) is 3.61. The molecule has 0 fully saturated rings. The number of aromatic nitrogens is 2. The molecular formula is C14H19Cl2N3. The van der Waals surface area contributed by atoms with E-state index < -0.39 is 0 Å². The number of H-pyrrole nitrogens is 1. The third-order valence-electron chi connectivity index (χ3n) is 3.19. The summed E-state index contributed by atoms with van der Waals surface area (Å²) in [5.74, 6) is 2.04. The molecule has 5 heteroatoms. The smallest absolute Gasteiger partial charge is 0.107 e. The van der Waals surface area contributed by atoms with E-state index >= 15 is 0 Å². The van der Waals surface area contributed by atoms with Crippen molar-refractivity contribution in [3.05, 3.63) is 28.0 Å². The minimum absolute atomic E-state index is 0.450. The van der Waals surface area contributed by atoms with Crippen molar-refractivity contribution in [3.63, 3.8) is 0 Å². The average molecular weight is 300 g/mol. The van der Waals surface area contributed by atoms with Gasteiger partial charge in [0.2, 0.25) is 0 Å². The van der Waals surface area contributed by atoms with Crippen molar-refractivity contribution >= 4 is 34.2 Å². The number of nitrogens with zero attached hydrogens (tertiary/aromatic N) is 1. The van der Waals surface area contributed by atoms with E-state index in [0.717, 1.165) is 29.7 Å². The minimum Gasteiger partial charge on any atom is -0.342 e. The summed E-state index contributed by atoms with van der Waals surface area (Å²) in [6.45, 7) is 5.10. The van der Waals surface area contributed by atoms with Crippen LogP contribution in [-0.2, 0) is 6.42 Å². The first-order chi connectivity index (χ1) is 8.99. The molecular weight excluding hydrogens is 281 g/mol. The molecule has 0 bridgehead atoms. The van der Waals surface area contributed by atoms with Crippen molar-refractivity contribution in [2.75, 3.05) is 6.54 Å². The molecule has 0 aliphatic rings. The fourth-order valence-electron chi connectivity index (χ4n) is 2.36. The second-order valence-corrected chi connectivity index (χ2v) is 6.22. The number of imidazole rings is 1. The molecule has 19 heavy (non-hydrogen) atoms. The van der Waals surface area contributed by atoms with Gasteiger partial charge in [-0.2, -0.15) is 0 Å². The van der Waals surface area contributed by atoms with Crippen LogP contribution in [0.4, 0.5) is 0 Å². The molecule has 2 aromatic rings. The van der Waals surface area contributed by atoms with Crippen molar-refractivity contribution in [1.82, 2.24) is 9.97 Å². The van der Waals surface area contributed by atoms with Gasteiger partial charge in [-0.1, -0.05) is 37.0 Å². The minimum atomic E-state index is 0.450. The van der Waals surface area contributed by atoms with E-state index in [-0.39, 0.29) is 0 Å². The van der Waals surface area contributed by atoms with Gasteiger partial charge in [0.1, 0.15) is 5.82 Å². The molecule has 1 unspecified atom stereocenters. The Bertz CT molecular complexity index is 524. The predicted molar refractivity (Wildman–Crippen MR) is 81.8 cm³/mol. The lowest BCUT2D eigenvalue weighted by Crippen LogP contribution is -2.19. The molecule has 0 saturated heterocycles. The molecule has 0 aliphatic carbocycles. The Balaban J connectivity index is 2.21. The summed E-state index contributed by atoms with van der Waals surface area (Å²) < 4.78 is 0. The average Bonchev–Trinajstić information content (AvgIpc) is 2.69. The van der Waals surface area contributed by atoms with E-state index in [9.17, 15) is 0 Å². The molecule has 0 amide bonds. The third-order valence-corrected chi connectivity index (χ3v) is 3.92. The normalized spacial score (nSPS) is 13.4. The van der Waals surface area contributed by atoms with Crippen LogP contribution in [0.15, 0.2) is 12.1 Å². The number of hydrogen-bond donors (Lipinski definition) is 2. The first kappa shape index (κ1) is 14.6. The standard InChI is InChI=1S/C14H19Cl2N3/c1-8(2)3-9(7-17)4-14-18-12-5-10(15)11(16)6-13(12)19-14/h5-6,8-9H,3-4,7,17H2,1-2H3,(H,18,19). The van der Waals surface area contributed by atoms with Crippen LogP contribution < -0.4 is 5.73 Å². The molecule has 0 radical (unpaired) electrons. The van der Waals surface area contributed by atoms with Gasteiger partial charge in [-0.15, -0.1) is 0 Å². The zero-order valence-corrected chi connectivity index (χ0v) is 12.7. The zero-order valence-electron chi connectivity index (χ0n) is 11.2. The van der Waals surface area contributed by atoms with Gasteiger partial charge in [-0.3, -0.25) is 0 Å². The molecule has 1 atom stereocenters. The number of aromatic amines is 1. The van der Waals surface area contributed by atoms with Gasteiger partial charge in [0.05, 0.1) is 21.1 Å². The number of benzene rings is 1. The van der Waals surface area contributed by atoms with E-state index in [1.54, 1.807) is 6.07 Å². The second kappa shape index (κ2) is 6.12. The summed E-state index contributed by atoms with van der Waals surface area (Å²) in [5, 5.41) is 1.08. The molecule has 0 saturated carbocycles. The summed E-state index contributed by atoms with van der Waals surface area (Å²) in [7, 11) is 0. The van der Waals surface area contributed by atoms with E-state index in [4.69, 9.17) is 28.9 Å². The maximum absolute atomic E-state index is 6.00. The quantitative estimate of drug-likeness (QED) is 0.875. The second-order valence-electron chi connectivity index (χ2n) is 5.40. The fourth-order valence-corrected chi connectivity index (χ4v) is 2.68. The Hall–Kier alpha value is -0.770. The lowest BCUT2D eigenvalue weighted by atomic mass is 9.94. The highest BCUT2D eigenvalue weighted by Crippen LogP contribution is 2.27. The first-order valence-electron chi connectivity index (χ1n) is 6.53. The number of nitrogens with one attached hydrogen (secondary N) is 1. The van der Waals surface area contributed by atoms with E-state index in [2.05, 4.69) is 23.8 Å². The van der Waals surface area contributed by atoms with E-state index in [1.807, 2.05) is 6.07 Å². The maximum Gasteiger partial charge on any atom is 0.107 e. The summed E-state index contributed by atoms with van der Waals surface area (Å²) in [6.07, 6.45) is 1.97. The van der Waals surface area contributed by atoms with E-state index in [0.29, 0.717) is 28.4 Å². The van der Waals surface area contributed by atoms with Crippen LogP contribution in [0.2, 0.25) is 10.0 Å². The van der Waals surface area contributed by atoms with E-state index in [1.165, 1.54) is 0 Å². The number of halogens is 2. The van der Waals surface area contributed by atoms with Crippen molar-refractivity contribution in [2.45, 2.75) is 26.7 Å². The molecule has 104 valence electrons. The van der Waals surface area contributed by atoms with Gasteiger partial charge in [-0.25, -0.2) is 4.98 Å². The summed E-state index contributed by atoms with van der Waals surface area (Å²) >= 11 is 12.0. The van der Waals surface area contributed by atoms with Gasteiger partial charge in [0.15, 0.2) is 0 Å². The van der Waals surface area contributed by atoms with Gasteiger partial charge in [-0.05, 0) is 36.9 Å². The largest absolute Gasteiger partial charge is 0.342 e. The Morgan fingerprint density at radius 2 is 1.95 bits per heavy atom. The van der Waals surface area contributed by atoms with Crippen molar-refractivity contribution < 1.29 is 0 Å². The Labute approximate surface area is 123 Å². The van der Waals surface area contributed by atoms with Gasteiger partial charge < -0.3 is 10.7 Å². The number of rotatable bonds is 5. The Morgan fingerprint density at radius 1 is 1.26 bits per heavy atom. The summed E-state index contributed by atoms with van der Waals surface area (Å²) in [5.41, 5.74) is 7.60. The third kappa shape index (κ3) is 3.62. The molecule has 3 nitrogen and oxygen atoms in total. The van der Waals surface area contributed by atoms with Crippen LogP contribution in [0.25, 0.3) is 11.0 Å². The van der Waals surface area contributed by atoms with Gasteiger partial charge >= 0.3 is 0 Å². The lowest BCUT2D eigenvalue weighted by Gasteiger charge is -2.15. The van der Waals surface area contributed by atoms with Crippen LogP contribution in [0.1, 0.15) is 26.1 Å². The molecule has 0 spiro atoms. The zero-order chi connectivity index (χ0) is 14.0. The number of hydrogen-bond acceptors (Lipinski definition) is 2. The maximum atomic E-state index is 6.00. The monoisotopic (exact) mass is 299 g/mol. The molecule has 2 rings (SSSR count). The van der Waals surface area contributed by atoms with Crippen LogP contribution in [-0.4, -0.2) is 16.5 Å². The van der Waals surface area contributed by atoms with Crippen molar-refractivity contribution in [1.29, 1.82) is 0 Å². The number of fused-ring (bicyclic) bond motifs is 1. The Kier molecular flexibility index (Phi) is 4.71. The summed E-state index contributed by atoms with van der Waals surface area (Å²) in [4.78, 5) is 7.85. The van der Waals surface area contributed by atoms with Crippen LogP contribution in [0.5, 0.6) is 0 Å². The fraction of sp³-hybridized carbons (Fsp3) is 0.500. The van der Waals surface area contributed by atoms with Crippen LogP contribution in [0, 0.1) is 11.8 Å². The molecule has 0 aliphatic heterocycles. The van der Waals surface area contributed by atoms with Gasteiger partial charge in [0, 0.05) is 6.42 Å². The van der Waals surface area contributed by atoms with Crippen LogP contribution >= 0.6 is 23.2 Å². The molecule has 1 heterocycles. The number of nitrogens with two attached hydrogens (primary N) is 1. The SMILES string of the molecule is CC(C)CC(CN)Cc1nc2cc(Cl)c(Cl)cc2[nH]1. The lowest BCUT2D eigenvalue weighted by molar-refractivity contribution is 0.410. The predicted octanol–water partition coefficient (Wildman–Crippen LogP) is 4.03. The Morgan fingerprint density at radius 3 is 2.58 bits per heavy atom. The highest BCUT2D eigenvalue weighted by molar-refractivity contribution is 6.42. The topological polar surface area (TPSA) is 54.7 Å². The van der Waals surface area contributed by atoms with Crippen molar-refractivity contribution in [2.24, 2.45) is 17.6 Å². The molecule has 1 aromatic heterocycles. The highest BCUT2D eigenvalue weighted by atomic mass is 35.5.